The first-order valence-corrected chi connectivity index (χ1v) is 12.2. The summed E-state index contributed by atoms with van der Waals surface area (Å²) < 4.78 is 4.39. The van der Waals surface area contributed by atoms with Gasteiger partial charge in [-0.2, -0.15) is 5.10 Å². The van der Waals surface area contributed by atoms with Crippen LogP contribution < -0.4 is 16.6 Å². The molecule has 0 atom stereocenters. The molecule has 2 N–H and O–H groups in total. The Kier molecular flexibility index (Phi) is 6.20. The molecule has 0 bridgehead atoms. The van der Waals surface area contributed by atoms with E-state index in [9.17, 15) is 14.4 Å². The van der Waals surface area contributed by atoms with Crippen molar-refractivity contribution < 1.29 is 4.79 Å². The zero-order chi connectivity index (χ0) is 26.4. The van der Waals surface area contributed by atoms with Crippen LogP contribution in [0.2, 0.25) is 5.02 Å². The molecule has 0 aliphatic heterocycles. The van der Waals surface area contributed by atoms with Crippen LogP contribution in [0.1, 0.15) is 26.3 Å². The Morgan fingerprint density at radius 2 is 1.97 bits per heavy atom. The summed E-state index contributed by atoms with van der Waals surface area (Å²) in [4.78, 5) is 45.6. The Hall–Kier alpha value is -4.18. The molecule has 4 aromatic heterocycles. The highest BCUT2D eigenvalue weighted by molar-refractivity contribution is 6.31. The van der Waals surface area contributed by atoms with Gasteiger partial charge in [0.2, 0.25) is 5.91 Å². The van der Waals surface area contributed by atoms with E-state index in [2.05, 4.69) is 15.3 Å². The minimum Gasteiger partial charge on any atom is -0.361 e. The Morgan fingerprint density at radius 3 is 2.65 bits per heavy atom. The fourth-order valence-electron chi connectivity index (χ4n) is 4.53. The van der Waals surface area contributed by atoms with Gasteiger partial charge >= 0.3 is 5.69 Å². The van der Waals surface area contributed by atoms with Gasteiger partial charge in [0.15, 0.2) is 5.65 Å². The maximum atomic E-state index is 13.5. The molecule has 0 spiro atoms. The summed E-state index contributed by atoms with van der Waals surface area (Å²) in [5, 5.41) is 9.32. The number of aromatic nitrogens is 6. The number of nitrogens with zero attached hydrogens (tertiary/aromatic N) is 5. The number of pyridine rings is 1. The number of carbonyl (C=O) groups excluding carboxylic acids is 1. The second-order valence-corrected chi connectivity index (χ2v) is 9.91. The van der Waals surface area contributed by atoms with Crippen LogP contribution in [0.5, 0.6) is 0 Å². The second kappa shape index (κ2) is 9.36. The third kappa shape index (κ3) is 4.44. The van der Waals surface area contributed by atoms with E-state index in [1.807, 2.05) is 38.2 Å². The number of anilines is 1. The highest BCUT2D eigenvalue weighted by Crippen LogP contribution is 2.29. The SMILES string of the molecule is CC(=O)Nc1ccc(-c2c3c(=O)n(C)c(=O)n(CC(C)C)c3nn2Cc2c[nH]c3ccc(Cl)cc23)cn1. The lowest BCUT2D eigenvalue weighted by Gasteiger charge is -2.11. The van der Waals surface area contributed by atoms with Crippen molar-refractivity contribution in [2.75, 3.05) is 5.32 Å². The monoisotopic (exact) mass is 519 g/mol. The highest BCUT2D eigenvalue weighted by Gasteiger charge is 2.23. The van der Waals surface area contributed by atoms with E-state index in [0.717, 1.165) is 21.0 Å². The van der Waals surface area contributed by atoms with Gasteiger partial charge in [-0.3, -0.25) is 23.4 Å². The van der Waals surface area contributed by atoms with Gasteiger partial charge in [0.05, 0.1) is 12.2 Å². The lowest BCUT2D eigenvalue weighted by atomic mass is 10.1. The molecule has 0 saturated carbocycles. The number of fused-ring (bicyclic) bond motifs is 2. The van der Waals surface area contributed by atoms with Crippen molar-refractivity contribution >= 4 is 45.3 Å². The average molecular weight is 520 g/mol. The first-order valence-electron chi connectivity index (χ1n) is 11.8. The molecule has 5 aromatic rings. The molecule has 0 aliphatic rings. The maximum Gasteiger partial charge on any atom is 0.332 e. The number of benzene rings is 1. The molecule has 37 heavy (non-hydrogen) atoms. The number of amides is 1. The van der Waals surface area contributed by atoms with E-state index in [1.165, 1.54) is 14.0 Å². The van der Waals surface area contributed by atoms with E-state index in [1.54, 1.807) is 27.6 Å². The summed E-state index contributed by atoms with van der Waals surface area (Å²) in [7, 11) is 1.47. The normalized spacial score (nSPS) is 11.6. The molecular weight excluding hydrogens is 494 g/mol. The largest absolute Gasteiger partial charge is 0.361 e. The summed E-state index contributed by atoms with van der Waals surface area (Å²) in [5.41, 5.74) is 2.47. The number of aromatic amines is 1. The van der Waals surface area contributed by atoms with Crippen LogP contribution in [0.15, 0.2) is 52.3 Å². The van der Waals surface area contributed by atoms with Gasteiger partial charge in [-0.25, -0.2) is 9.78 Å². The predicted octanol–water partition coefficient (Wildman–Crippen LogP) is 3.76. The van der Waals surface area contributed by atoms with Gasteiger partial charge in [-0.1, -0.05) is 25.4 Å². The summed E-state index contributed by atoms with van der Waals surface area (Å²) >= 11 is 6.26. The van der Waals surface area contributed by atoms with Crippen molar-refractivity contribution in [3.05, 3.63) is 74.1 Å². The van der Waals surface area contributed by atoms with Crippen molar-refractivity contribution in [1.29, 1.82) is 0 Å². The standard InChI is InChI=1S/C26H26ClN7O3/c1-14(2)12-33-24-22(25(36)32(4)26(33)37)23(16-5-8-21(29-10-16)30-15(3)35)34(31-24)13-17-11-28-20-7-6-18(27)9-19(17)20/h5-11,14,28H,12-13H2,1-4H3,(H,29,30,35). The third-order valence-corrected chi connectivity index (χ3v) is 6.40. The van der Waals surface area contributed by atoms with Crippen LogP contribution in [0.4, 0.5) is 5.82 Å². The zero-order valence-electron chi connectivity index (χ0n) is 20.9. The summed E-state index contributed by atoms with van der Waals surface area (Å²) in [5.74, 6) is 0.309. The highest BCUT2D eigenvalue weighted by atomic mass is 35.5. The van der Waals surface area contributed by atoms with E-state index in [0.29, 0.717) is 46.2 Å². The molecule has 0 radical (unpaired) electrons. The zero-order valence-corrected chi connectivity index (χ0v) is 21.6. The quantitative estimate of drug-likeness (QED) is 0.354. The van der Waals surface area contributed by atoms with Gasteiger partial charge in [0.25, 0.3) is 5.56 Å². The molecular formula is C26H26ClN7O3. The summed E-state index contributed by atoms with van der Waals surface area (Å²) in [6, 6.07) is 9.04. The molecule has 0 aliphatic carbocycles. The number of hydrogen-bond acceptors (Lipinski definition) is 5. The van der Waals surface area contributed by atoms with Crippen molar-refractivity contribution in [3.8, 4) is 11.3 Å². The molecule has 1 amide bonds. The van der Waals surface area contributed by atoms with Gasteiger partial charge in [-0.15, -0.1) is 0 Å². The molecule has 5 rings (SSSR count). The number of carbonyl (C=O) groups is 1. The summed E-state index contributed by atoms with van der Waals surface area (Å²) in [6.45, 7) is 6.13. The predicted molar refractivity (Wildman–Crippen MR) is 144 cm³/mol. The lowest BCUT2D eigenvalue weighted by Crippen LogP contribution is -2.38. The van der Waals surface area contributed by atoms with Crippen LogP contribution in [0.3, 0.4) is 0 Å². The molecule has 0 unspecified atom stereocenters. The maximum absolute atomic E-state index is 13.5. The van der Waals surface area contributed by atoms with Crippen LogP contribution in [-0.2, 0) is 24.9 Å². The van der Waals surface area contributed by atoms with Crippen molar-refractivity contribution in [2.24, 2.45) is 13.0 Å². The van der Waals surface area contributed by atoms with E-state index < -0.39 is 11.2 Å². The van der Waals surface area contributed by atoms with Gasteiger partial charge in [0, 0.05) is 54.4 Å². The van der Waals surface area contributed by atoms with Gasteiger partial charge in [-0.05, 0) is 41.8 Å². The van der Waals surface area contributed by atoms with Crippen LogP contribution in [0.25, 0.3) is 33.2 Å². The van der Waals surface area contributed by atoms with Gasteiger partial charge < -0.3 is 10.3 Å². The second-order valence-electron chi connectivity index (χ2n) is 9.47. The molecule has 10 nitrogen and oxygen atoms in total. The van der Waals surface area contributed by atoms with Gasteiger partial charge in [0.1, 0.15) is 11.2 Å². The van der Waals surface area contributed by atoms with Crippen molar-refractivity contribution in [2.45, 2.75) is 33.9 Å². The van der Waals surface area contributed by atoms with Crippen LogP contribution in [0, 0.1) is 5.92 Å². The Balaban J connectivity index is 1.78. The number of halogens is 1. The first-order chi connectivity index (χ1) is 17.6. The molecule has 190 valence electrons. The van der Waals surface area contributed by atoms with Crippen LogP contribution in [-0.4, -0.2) is 34.8 Å². The number of H-pyrrole nitrogens is 1. The topological polar surface area (TPSA) is 120 Å². The van der Waals surface area contributed by atoms with E-state index in [4.69, 9.17) is 16.7 Å². The lowest BCUT2D eigenvalue weighted by molar-refractivity contribution is -0.114. The number of rotatable bonds is 6. The minimum atomic E-state index is -0.436. The molecule has 0 saturated heterocycles. The molecule has 1 aromatic carbocycles. The smallest absolute Gasteiger partial charge is 0.332 e. The third-order valence-electron chi connectivity index (χ3n) is 6.16. The molecule has 4 heterocycles. The summed E-state index contributed by atoms with van der Waals surface area (Å²) in [6.07, 6.45) is 3.47. The number of nitrogens with one attached hydrogen (secondary N) is 2. The first kappa shape index (κ1) is 24.5. The average Bonchev–Trinajstić information content (AvgIpc) is 3.42. The van der Waals surface area contributed by atoms with E-state index >= 15 is 0 Å². The Morgan fingerprint density at radius 1 is 1.19 bits per heavy atom. The fraction of sp³-hybridized carbons (Fsp3) is 0.269. The van der Waals surface area contributed by atoms with Crippen molar-refractivity contribution in [1.82, 2.24) is 28.9 Å². The fourth-order valence-corrected chi connectivity index (χ4v) is 4.70. The number of hydrogen-bond donors (Lipinski definition) is 2. The molecule has 11 heteroatoms. The van der Waals surface area contributed by atoms with E-state index in [-0.39, 0.29) is 11.8 Å². The van der Waals surface area contributed by atoms with Crippen LogP contribution >= 0.6 is 11.6 Å². The Bertz CT molecular complexity index is 1770. The minimum absolute atomic E-state index is 0.154. The van der Waals surface area contributed by atoms with Crippen molar-refractivity contribution in [3.63, 3.8) is 0 Å². The Labute approximate surface area is 216 Å². The molecule has 0 fully saturated rings.